The minimum Gasteiger partial charge on any atom is -0.378 e. The number of aryl methyl sites for hydroxylation is 1. The van der Waals surface area contributed by atoms with Gasteiger partial charge in [-0.05, 0) is 6.92 Å². The fourth-order valence-electron chi connectivity index (χ4n) is 1.53. The molecule has 1 aliphatic rings. The molecule has 1 aromatic rings. The van der Waals surface area contributed by atoms with Crippen LogP contribution in [0.5, 0.6) is 0 Å². The van der Waals surface area contributed by atoms with Crippen LogP contribution in [0.25, 0.3) is 0 Å². The molecule has 1 N–H and O–H groups in total. The van der Waals surface area contributed by atoms with Gasteiger partial charge in [0.15, 0.2) is 0 Å². The lowest BCUT2D eigenvalue weighted by Crippen LogP contribution is -2.45. The van der Waals surface area contributed by atoms with Crippen molar-refractivity contribution in [3.63, 3.8) is 0 Å². The first kappa shape index (κ1) is 11.3. The third kappa shape index (κ3) is 2.93. The van der Waals surface area contributed by atoms with Crippen LogP contribution in [0.4, 0.5) is 4.79 Å². The number of ether oxygens (including phenoxy) is 1. The smallest absolute Gasteiger partial charge is 0.317 e. The zero-order chi connectivity index (χ0) is 11.4. The monoisotopic (exact) mass is 241 g/mol. The quantitative estimate of drug-likeness (QED) is 0.840. The van der Waals surface area contributed by atoms with Crippen molar-refractivity contribution in [2.24, 2.45) is 0 Å². The number of hydrogen-bond acceptors (Lipinski definition) is 4. The maximum absolute atomic E-state index is 11.7. The van der Waals surface area contributed by atoms with Gasteiger partial charge in [-0.15, -0.1) is 11.3 Å². The fraction of sp³-hybridized carbons (Fsp3) is 0.600. The minimum absolute atomic E-state index is 0.0191. The largest absolute Gasteiger partial charge is 0.378 e. The molecule has 0 aromatic carbocycles. The summed E-state index contributed by atoms with van der Waals surface area (Å²) in [6.07, 6.45) is 1.81. The average Bonchev–Trinajstić information content (AvgIpc) is 2.73. The number of rotatable bonds is 2. The van der Waals surface area contributed by atoms with Gasteiger partial charge in [0.2, 0.25) is 0 Å². The van der Waals surface area contributed by atoms with Crippen molar-refractivity contribution in [1.82, 2.24) is 15.2 Å². The highest BCUT2D eigenvalue weighted by molar-refractivity contribution is 7.11. The molecule has 0 atom stereocenters. The molecule has 0 unspecified atom stereocenters. The Balaban J connectivity index is 1.78. The predicted octanol–water partition coefficient (Wildman–Crippen LogP) is 0.993. The summed E-state index contributed by atoms with van der Waals surface area (Å²) in [6.45, 7) is 5.13. The van der Waals surface area contributed by atoms with Gasteiger partial charge in [-0.2, -0.15) is 0 Å². The summed E-state index contributed by atoms with van der Waals surface area (Å²) in [5.74, 6) is 0. The van der Waals surface area contributed by atoms with Crippen LogP contribution in [0, 0.1) is 6.92 Å². The summed E-state index contributed by atoms with van der Waals surface area (Å²) in [5.41, 5.74) is 0. The van der Waals surface area contributed by atoms with E-state index in [2.05, 4.69) is 10.3 Å². The van der Waals surface area contributed by atoms with Crippen LogP contribution in [0.2, 0.25) is 0 Å². The molecule has 16 heavy (non-hydrogen) atoms. The Morgan fingerprint density at radius 3 is 3.00 bits per heavy atom. The number of morpholine rings is 1. The second kappa shape index (κ2) is 5.27. The van der Waals surface area contributed by atoms with Crippen molar-refractivity contribution in [3.8, 4) is 0 Å². The van der Waals surface area contributed by atoms with Crippen molar-refractivity contribution in [3.05, 3.63) is 16.1 Å². The Hall–Kier alpha value is -1.14. The number of aromatic nitrogens is 1. The van der Waals surface area contributed by atoms with E-state index in [0.717, 1.165) is 9.88 Å². The van der Waals surface area contributed by atoms with Crippen molar-refractivity contribution in [2.45, 2.75) is 13.5 Å². The molecule has 6 heteroatoms. The number of nitrogens with one attached hydrogen (secondary N) is 1. The van der Waals surface area contributed by atoms with Crippen molar-refractivity contribution in [1.29, 1.82) is 0 Å². The minimum atomic E-state index is -0.0191. The highest BCUT2D eigenvalue weighted by Gasteiger charge is 2.16. The SMILES string of the molecule is Cc1ncc(CNC(=O)N2CCOCC2)s1. The third-order valence-corrected chi connectivity index (χ3v) is 3.29. The van der Waals surface area contributed by atoms with E-state index in [0.29, 0.717) is 32.8 Å². The normalized spacial score (nSPS) is 16.2. The molecule has 0 radical (unpaired) electrons. The van der Waals surface area contributed by atoms with Gasteiger partial charge in [-0.1, -0.05) is 0 Å². The zero-order valence-corrected chi connectivity index (χ0v) is 10.0. The molecular weight excluding hydrogens is 226 g/mol. The first-order valence-corrected chi connectivity index (χ1v) is 6.09. The highest BCUT2D eigenvalue weighted by Crippen LogP contribution is 2.10. The molecule has 5 nitrogen and oxygen atoms in total. The van der Waals surface area contributed by atoms with E-state index in [-0.39, 0.29) is 6.03 Å². The summed E-state index contributed by atoms with van der Waals surface area (Å²) in [6, 6.07) is -0.0191. The number of carbonyl (C=O) groups is 1. The molecule has 0 aliphatic carbocycles. The molecule has 2 heterocycles. The summed E-state index contributed by atoms with van der Waals surface area (Å²) < 4.78 is 5.19. The summed E-state index contributed by atoms with van der Waals surface area (Å²) >= 11 is 1.61. The van der Waals surface area contributed by atoms with Gasteiger partial charge in [-0.3, -0.25) is 0 Å². The summed E-state index contributed by atoms with van der Waals surface area (Å²) in [4.78, 5) is 18.7. The topological polar surface area (TPSA) is 54.5 Å². The van der Waals surface area contributed by atoms with E-state index in [1.54, 1.807) is 22.4 Å². The molecule has 1 saturated heterocycles. The van der Waals surface area contributed by atoms with Crippen molar-refractivity contribution < 1.29 is 9.53 Å². The second-order valence-corrected chi connectivity index (χ2v) is 4.92. The predicted molar refractivity (Wildman–Crippen MR) is 61.5 cm³/mol. The Kier molecular flexibility index (Phi) is 3.74. The van der Waals surface area contributed by atoms with E-state index >= 15 is 0 Å². The van der Waals surface area contributed by atoms with Crippen LogP contribution in [-0.2, 0) is 11.3 Å². The van der Waals surface area contributed by atoms with E-state index in [9.17, 15) is 4.79 Å². The van der Waals surface area contributed by atoms with E-state index in [4.69, 9.17) is 4.74 Å². The van der Waals surface area contributed by atoms with Crippen LogP contribution in [-0.4, -0.2) is 42.2 Å². The van der Waals surface area contributed by atoms with Gasteiger partial charge in [0.1, 0.15) is 0 Å². The Morgan fingerprint density at radius 1 is 1.62 bits per heavy atom. The number of nitrogens with zero attached hydrogens (tertiary/aromatic N) is 2. The summed E-state index contributed by atoms with van der Waals surface area (Å²) in [7, 11) is 0. The van der Waals surface area contributed by atoms with E-state index < -0.39 is 0 Å². The zero-order valence-electron chi connectivity index (χ0n) is 9.23. The second-order valence-electron chi connectivity index (χ2n) is 3.60. The van der Waals surface area contributed by atoms with Crippen LogP contribution in [0.15, 0.2) is 6.20 Å². The molecule has 88 valence electrons. The Bertz CT molecular complexity index is 361. The van der Waals surface area contributed by atoms with Crippen molar-refractivity contribution >= 4 is 17.4 Å². The molecule has 0 bridgehead atoms. The van der Waals surface area contributed by atoms with Gasteiger partial charge in [0, 0.05) is 24.2 Å². The first-order chi connectivity index (χ1) is 7.75. The van der Waals surface area contributed by atoms with Crippen LogP contribution < -0.4 is 5.32 Å². The number of urea groups is 1. The Morgan fingerprint density at radius 2 is 2.38 bits per heavy atom. The van der Waals surface area contributed by atoms with Crippen LogP contribution >= 0.6 is 11.3 Å². The first-order valence-electron chi connectivity index (χ1n) is 5.27. The summed E-state index contributed by atoms with van der Waals surface area (Å²) in [5, 5.41) is 3.91. The standard InChI is InChI=1S/C10H15N3O2S/c1-8-11-6-9(16-8)7-12-10(14)13-2-4-15-5-3-13/h6H,2-5,7H2,1H3,(H,12,14). The van der Waals surface area contributed by atoms with Gasteiger partial charge in [0.25, 0.3) is 0 Å². The van der Waals surface area contributed by atoms with Crippen LogP contribution in [0.1, 0.15) is 9.88 Å². The highest BCUT2D eigenvalue weighted by atomic mass is 32.1. The maximum Gasteiger partial charge on any atom is 0.317 e. The molecule has 0 spiro atoms. The lowest BCUT2D eigenvalue weighted by molar-refractivity contribution is 0.0531. The molecule has 1 aliphatic heterocycles. The molecule has 1 aromatic heterocycles. The molecule has 2 rings (SSSR count). The maximum atomic E-state index is 11.7. The third-order valence-electron chi connectivity index (χ3n) is 2.38. The molecule has 1 fully saturated rings. The number of hydrogen-bond donors (Lipinski definition) is 1. The number of thiazole rings is 1. The lowest BCUT2D eigenvalue weighted by Gasteiger charge is -2.26. The lowest BCUT2D eigenvalue weighted by atomic mass is 10.4. The molecule has 2 amide bonds. The average molecular weight is 241 g/mol. The van der Waals surface area contributed by atoms with Gasteiger partial charge in [0.05, 0.1) is 24.8 Å². The van der Waals surface area contributed by atoms with Crippen LogP contribution in [0.3, 0.4) is 0 Å². The molecule has 0 saturated carbocycles. The number of carbonyl (C=O) groups excluding carboxylic acids is 1. The van der Waals surface area contributed by atoms with E-state index in [1.807, 2.05) is 6.92 Å². The Labute approximate surface area is 98.4 Å². The van der Waals surface area contributed by atoms with Crippen molar-refractivity contribution in [2.75, 3.05) is 26.3 Å². The number of amides is 2. The van der Waals surface area contributed by atoms with Gasteiger partial charge < -0.3 is 15.0 Å². The van der Waals surface area contributed by atoms with Gasteiger partial charge in [-0.25, -0.2) is 9.78 Å². The van der Waals surface area contributed by atoms with Gasteiger partial charge >= 0.3 is 6.03 Å². The molecular formula is C10H15N3O2S. The fourth-order valence-corrected chi connectivity index (χ4v) is 2.26. The van der Waals surface area contributed by atoms with E-state index in [1.165, 1.54) is 0 Å².